The van der Waals surface area contributed by atoms with Crippen LogP contribution in [0.25, 0.3) is 6.08 Å². The lowest BCUT2D eigenvalue weighted by Crippen LogP contribution is -2.07. The molecule has 0 aliphatic rings. The monoisotopic (exact) mass is 346 g/mol. The van der Waals surface area contributed by atoms with E-state index in [1.807, 2.05) is 18.2 Å². The number of benzene rings is 2. The Bertz CT molecular complexity index is 684. The number of carbonyl (C=O) groups excluding carboxylic acids is 1. The fraction of sp³-hybridized carbons (Fsp3) is 0.0625. The highest BCUT2D eigenvalue weighted by atomic mass is 79.9. The largest absolute Gasteiger partial charge is 0.495 e. The number of amides is 1. The van der Waals surface area contributed by atoms with Crippen molar-refractivity contribution >= 4 is 39.3 Å². The highest BCUT2D eigenvalue weighted by Gasteiger charge is 2.03. The van der Waals surface area contributed by atoms with E-state index in [-0.39, 0.29) is 5.91 Å². The zero-order valence-corrected chi connectivity index (χ0v) is 13.1. The number of halogens is 1. The third kappa shape index (κ3) is 4.36. The van der Waals surface area contributed by atoms with Crippen molar-refractivity contribution in [1.82, 2.24) is 0 Å². The first-order valence-electron chi connectivity index (χ1n) is 6.26. The third-order valence-corrected chi connectivity index (χ3v) is 3.41. The average molecular weight is 347 g/mol. The van der Waals surface area contributed by atoms with Crippen molar-refractivity contribution in [3.8, 4) is 5.75 Å². The van der Waals surface area contributed by atoms with E-state index in [1.165, 1.54) is 6.08 Å². The van der Waals surface area contributed by atoms with Gasteiger partial charge in [0.25, 0.3) is 0 Å². The number of nitrogen functional groups attached to an aromatic ring is 1. The molecule has 0 heterocycles. The summed E-state index contributed by atoms with van der Waals surface area (Å²) in [6.45, 7) is 0. The summed E-state index contributed by atoms with van der Waals surface area (Å²) in [6, 6.07) is 12.7. The molecule has 2 aromatic carbocycles. The van der Waals surface area contributed by atoms with Crippen LogP contribution < -0.4 is 15.8 Å². The zero-order chi connectivity index (χ0) is 15.2. The van der Waals surface area contributed by atoms with Crippen molar-refractivity contribution in [2.45, 2.75) is 0 Å². The average Bonchev–Trinajstić information content (AvgIpc) is 2.47. The van der Waals surface area contributed by atoms with Crippen LogP contribution in [0.2, 0.25) is 0 Å². The highest BCUT2D eigenvalue weighted by molar-refractivity contribution is 9.10. The van der Waals surface area contributed by atoms with Crippen molar-refractivity contribution in [3.63, 3.8) is 0 Å². The molecule has 0 aliphatic heterocycles. The van der Waals surface area contributed by atoms with E-state index >= 15 is 0 Å². The molecule has 0 bridgehead atoms. The normalized spacial score (nSPS) is 10.6. The molecule has 21 heavy (non-hydrogen) atoms. The number of methoxy groups -OCH3 is 1. The van der Waals surface area contributed by atoms with Gasteiger partial charge in [0.15, 0.2) is 0 Å². The molecule has 3 N–H and O–H groups in total. The molecule has 0 saturated carbocycles. The first-order chi connectivity index (χ1) is 10.1. The van der Waals surface area contributed by atoms with Gasteiger partial charge >= 0.3 is 0 Å². The van der Waals surface area contributed by atoms with Crippen LogP contribution in [0.1, 0.15) is 5.56 Å². The summed E-state index contributed by atoms with van der Waals surface area (Å²) in [6.07, 6.45) is 3.17. The molecule has 0 unspecified atom stereocenters. The Morgan fingerprint density at radius 2 is 2.10 bits per heavy atom. The highest BCUT2D eigenvalue weighted by Crippen LogP contribution is 2.27. The summed E-state index contributed by atoms with van der Waals surface area (Å²) in [5, 5.41) is 2.77. The van der Waals surface area contributed by atoms with E-state index < -0.39 is 0 Å². The fourth-order valence-electron chi connectivity index (χ4n) is 1.76. The lowest BCUT2D eigenvalue weighted by atomic mass is 10.2. The molecular weight excluding hydrogens is 332 g/mol. The topological polar surface area (TPSA) is 64.3 Å². The summed E-state index contributed by atoms with van der Waals surface area (Å²) in [4.78, 5) is 11.9. The third-order valence-electron chi connectivity index (χ3n) is 2.76. The van der Waals surface area contributed by atoms with Crippen molar-refractivity contribution < 1.29 is 9.53 Å². The van der Waals surface area contributed by atoms with Crippen LogP contribution in [-0.4, -0.2) is 13.0 Å². The molecule has 5 heteroatoms. The van der Waals surface area contributed by atoms with Gasteiger partial charge < -0.3 is 15.8 Å². The second-order valence-corrected chi connectivity index (χ2v) is 5.20. The van der Waals surface area contributed by atoms with Gasteiger partial charge in [-0.3, -0.25) is 4.79 Å². The second kappa shape index (κ2) is 6.95. The Morgan fingerprint density at radius 1 is 1.29 bits per heavy atom. The van der Waals surface area contributed by atoms with Gasteiger partial charge in [-0.05, 0) is 51.8 Å². The number of carbonyl (C=O) groups is 1. The Labute approximate surface area is 131 Å². The quantitative estimate of drug-likeness (QED) is 0.655. The van der Waals surface area contributed by atoms with E-state index in [0.717, 1.165) is 10.0 Å². The van der Waals surface area contributed by atoms with E-state index in [0.29, 0.717) is 17.1 Å². The molecule has 0 radical (unpaired) electrons. The van der Waals surface area contributed by atoms with Gasteiger partial charge in [0.05, 0.1) is 11.6 Å². The maximum Gasteiger partial charge on any atom is 0.248 e. The lowest BCUT2D eigenvalue weighted by molar-refractivity contribution is -0.111. The molecule has 0 spiro atoms. The van der Waals surface area contributed by atoms with E-state index in [4.69, 9.17) is 10.5 Å². The molecule has 0 atom stereocenters. The number of nitrogens with two attached hydrogens (primary N) is 1. The minimum Gasteiger partial charge on any atom is -0.495 e. The smallest absolute Gasteiger partial charge is 0.248 e. The zero-order valence-electron chi connectivity index (χ0n) is 11.5. The molecule has 2 aromatic rings. The maximum absolute atomic E-state index is 11.9. The van der Waals surface area contributed by atoms with Crippen LogP contribution in [0.3, 0.4) is 0 Å². The Hall–Kier alpha value is -2.27. The molecule has 0 aromatic heterocycles. The summed E-state index contributed by atoms with van der Waals surface area (Å²) >= 11 is 3.36. The summed E-state index contributed by atoms with van der Waals surface area (Å²) in [7, 11) is 1.57. The van der Waals surface area contributed by atoms with E-state index in [2.05, 4.69) is 21.2 Å². The van der Waals surface area contributed by atoms with E-state index in [1.54, 1.807) is 37.5 Å². The van der Waals surface area contributed by atoms with E-state index in [9.17, 15) is 4.79 Å². The minimum absolute atomic E-state index is 0.221. The van der Waals surface area contributed by atoms with Crippen molar-refractivity contribution in [2.75, 3.05) is 18.2 Å². The Morgan fingerprint density at radius 3 is 2.81 bits per heavy atom. The van der Waals surface area contributed by atoms with Gasteiger partial charge in [-0.2, -0.15) is 0 Å². The first kappa shape index (κ1) is 15.1. The molecule has 2 rings (SSSR count). The molecule has 108 valence electrons. The van der Waals surface area contributed by atoms with Gasteiger partial charge in [-0.15, -0.1) is 0 Å². The Balaban J connectivity index is 2.05. The van der Waals surface area contributed by atoms with Gasteiger partial charge in [0.2, 0.25) is 5.91 Å². The fourth-order valence-corrected chi connectivity index (χ4v) is 2.16. The molecule has 1 amide bonds. The maximum atomic E-state index is 11.9. The number of rotatable bonds is 4. The molecule has 0 saturated heterocycles. The minimum atomic E-state index is -0.221. The summed E-state index contributed by atoms with van der Waals surface area (Å²) < 4.78 is 6.01. The molecular formula is C16H15BrN2O2. The van der Waals surface area contributed by atoms with Crippen LogP contribution in [0.15, 0.2) is 53.0 Å². The molecule has 4 nitrogen and oxygen atoms in total. The first-order valence-corrected chi connectivity index (χ1v) is 7.06. The standard InChI is InChI=1S/C16H15BrN2O2/c1-21-15-10-13(6-7-14(15)17)19-16(20)8-5-11-3-2-4-12(18)9-11/h2-10H,18H2,1H3,(H,19,20)/b8-5+. The van der Waals surface area contributed by atoms with Gasteiger partial charge in [0.1, 0.15) is 5.75 Å². The number of nitrogens with one attached hydrogen (secondary N) is 1. The van der Waals surface area contributed by atoms with Crippen molar-refractivity contribution in [2.24, 2.45) is 0 Å². The van der Waals surface area contributed by atoms with Crippen LogP contribution in [0, 0.1) is 0 Å². The Kier molecular flexibility index (Phi) is 5.00. The summed E-state index contributed by atoms with van der Waals surface area (Å²) in [5.74, 6) is 0.439. The number of hydrogen-bond donors (Lipinski definition) is 2. The van der Waals surface area contributed by atoms with Crippen LogP contribution in [0.4, 0.5) is 11.4 Å². The summed E-state index contributed by atoms with van der Waals surface area (Å²) in [5.41, 5.74) is 7.88. The van der Waals surface area contributed by atoms with Crippen molar-refractivity contribution in [1.29, 1.82) is 0 Å². The van der Waals surface area contributed by atoms with Crippen LogP contribution in [-0.2, 0) is 4.79 Å². The van der Waals surface area contributed by atoms with Crippen LogP contribution in [0.5, 0.6) is 5.75 Å². The van der Waals surface area contributed by atoms with Crippen LogP contribution >= 0.6 is 15.9 Å². The predicted octanol–water partition coefficient (Wildman–Crippen LogP) is 3.69. The second-order valence-electron chi connectivity index (χ2n) is 4.34. The van der Waals surface area contributed by atoms with Gasteiger partial charge in [-0.1, -0.05) is 12.1 Å². The number of anilines is 2. The van der Waals surface area contributed by atoms with Gasteiger partial charge in [-0.25, -0.2) is 0 Å². The number of ether oxygens (including phenoxy) is 1. The van der Waals surface area contributed by atoms with Crippen molar-refractivity contribution in [3.05, 3.63) is 58.6 Å². The number of hydrogen-bond acceptors (Lipinski definition) is 3. The van der Waals surface area contributed by atoms with Gasteiger partial charge in [0, 0.05) is 23.5 Å². The lowest BCUT2D eigenvalue weighted by Gasteiger charge is -2.07. The SMILES string of the molecule is COc1cc(NC(=O)/C=C/c2cccc(N)c2)ccc1Br. The molecule has 0 aliphatic carbocycles. The molecule has 0 fully saturated rings. The predicted molar refractivity (Wildman–Crippen MR) is 89.2 cm³/mol.